The van der Waals surface area contributed by atoms with Crippen molar-refractivity contribution in [2.24, 2.45) is 0 Å². The Kier molecular flexibility index (Phi) is 4.33. The lowest BCUT2D eigenvalue weighted by molar-refractivity contribution is -0.385. The Morgan fingerprint density at radius 3 is 3.00 bits per heavy atom. The van der Waals surface area contributed by atoms with Crippen LogP contribution >= 0.6 is 0 Å². The van der Waals surface area contributed by atoms with Crippen LogP contribution < -0.4 is 0 Å². The molecule has 1 amide bonds. The third-order valence-corrected chi connectivity index (χ3v) is 3.38. The topological polar surface area (TPSA) is 112 Å². The van der Waals surface area contributed by atoms with Gasteiger partial charge in [0.05, 0.1) is 11.0 Å². The Morgan fingerprint density at radius 2 is 2.40 bits per heavy atom. The molecule has 8 heteroatoms. The molecule has 2 heterocycles. The van der Waals surface area contributed by atoms with Crippen molar-refractivity contribution in [3.05, 3.63) is 21.5 Å². The van der Waals surface area contributed by atoms with E-state index < -0.39 is 16.9 Å². The molecule has 0 spiro atoms. The molecule has 0 aromatic carbocycles. The first kappa shape index (κ1) is 14.4. The largest absolute Gasteiger partial charge is 0.391 e. The summed E-state index contributed by atoms with van der Waals surface area (Å²) in [5, 5.41) is 27.1. The lowest BCUT2D eigenvalue weighted by atomic mass is 10.1. The number of nitro groups is 1. The highest BCUT2D eigenvalue weighted by molar-refractivity contribution is 5.96. The third-order valence-electron chi connectivity index (χ3n) is 3.38. The number of nitrogens with one attached hydrogen (secondary N) is 1. The fourth-order valence-electron chi connectivity index (χ4n) is 2.43. The summed E-state index contributed by atoms with van der Waals surface area (Å²) in [6, 6.07) is 0. The highest BCUT2D eigenvalue weighted by atomic mass is 16.6. The first-order chi connectivity index (χ1) is 9.54. The number of carbonyl (C=O) groups is 1. The number of β-amino-alcohol motifs (C(OH)–C–C–N with tert-alkyl or cyclic N) is 1. The van der Waals surface area contributed by atoms with Crippen LogP contribution in [0.1, 0.15) is 42.4 Å². The van der Waals surface area contributed by atoms with Crippen molar-refractivity contribution in [2.45, 2.75) is 38.7 Å². The summed E-state index contributed by atoms with van der Waals surface area (Å²) in [6.45, 7) is 2.59. The van der Waals surface area contributed by atoms with E-state index >= 15 is 0 Å². The molecule has 110 valence electrons. The quantitative estimate of drug-likeness (QED) is 0.628. The Labute approximate surface area is 115 Å². The zero-order valence-corrected chi connectivity index (χ0v) is 11.3. The predicted octanol–water partition coefficient (Wildman–Crippen LogP) is 0.867. The Bertz CT molecular complexity index is 514. The maximum Gasteiger partial charge on any atom is 0.322 e. The van der Waals surface area contributed by atoms with Crippen molar-refractivity contribution in [2.75, 3.05) is 13.1 Å². The summed E-state index contributed by atoms with van der Waals surface area (Å²) >= 11 is 0. The molecule has 0 bridgehead atoms. The number of H-pyrrole nitrogens is 1. The number of aliphatic hydroxyl groups excluding tert-OH is 1. The molecule has 1 aliphatic heterocycles. The fraction of sp³-hybridized carbons (Fsp3) is 0.667. The number of carbonyl (C=O) groups excluding carboxylic acids is 1. The van der Waals surface area contributed by atoms with E-state index in [0.717, 1.165) is 6.42 Å². The van der Waals surface area contributed by atoms with Gasteiger partial charge in [0.2, 0.25) is 5.69 Å². The van der Waals surface area contributed by atoms with Gasteiger partial charge in [0, 0.05) is 13.1 Å². The van der Waals surface area contributed by atoms with Crippen molar-refractivity contribution >= 4 is 11.6 Å². The molecule has 2 rings (SSSR count). The smallest absolute Gasteiger partial charge is 0.322 e. The number of hydrogen-bond donors (Lipinski definition) is 2. The van der Waals surface area contributed by atoms with E-state index in [0.29, 0.717) is 31.5 Å². The number of likely N-dealkylation sites (tertiary alicyclic amines) is 1. The van der Waals surface area contributed by atoms with Crippen molar-refractivity contribution in [1.29, 1.82) is 0 Å². The minimum Gasteiger partial charge on any atom is -0.391 e. The number of aromatic amines is 1. The van der Waals surface area contributed by atoms with Crippen LogP contribution in [0.4, 0.5) is 5.69 Å². The minimum absolute atomic E-state index is 0.160. The minimum atomic E-state index is -0.569. The average Bonchev–Trinajstić information content (AvgIpc) is 2.82. The molecule has 1 saturated heterocycles. The molecule has 1 aromatic rings. The van der Waals surface area contributed by atoms with Gasteiger partial charge in [0.15, 0.2) is 0 Å². The van der Waals surface area contributed by atoms with Gasteiger partial charge in [-0.2, -0.15) is 5.10 Å². The van der Waals surface area contributed by atoms with Crippen LogP contribution in [-0.4, -0.2) is 50.2 Å². The number of hydrogen-bond acceptors (Lipinski definition) is 5. The standard InChI is InChI=1S/C12H18N4O4/c1-2-4-9-11(16(19)20)10(14-13-9)12(18)15-6-3-5-8(17)7-15/h8,17H,2-7H2,1H3,(H,13,14). The zero-order chi connectivity index (χ0) is 14.7. The van der Waals surface area contributed by atoms with Gasteiger partial charge >= 0.3 is 5.69 Å². The zero-order valence-electron chi connectivity index (χ0n) is 11.3. The Balaban J connectivity index is 2.27. The first-order valence-electron chi connectivity index (χ1n) is 6.73. The molecule has 8 nitrogen and oxygen atoms in total. The Morgan fingerprint density at radius 1 is 1.65 bits per heavy atom. The lowest BCUT2D eigenvalue weighted by Gasteiger charge is -2.29. The van der Waals surface area contributed by atoms with E-state index in [1.807, 2.05) is 6.92 Å². The van der Waals surface area contributed by atoms with Gasteiger partial charge in [0.25, 0.3) is 5.91 Å². The van der Waals surface area contributed by atoms with Crippen LogP contribution in [-0.2, 0) is 6.42 Å². The maximum absolute atomic E-state index is 12.3. The predicted molar refractivity (Wildman–Crippen MR) is 70.4 cm³/mol. The summed E-state index contributed by atoms with van der Waals surface area (Å²) in [5.74, 6) is -0.492. The Hall–Kier alpha value is -1.96. The second kappa shape index (κ2) is 6.00. The van der Waals surface area contributed by atoms with Gasteiger partial charge in [-0.15, -0.1) is 0 Å². The van der Waals surface area contributed by atoms with E-state index in [2.05, 4.69) is 10.2 Å². The highest BCUT2D eigenvalue weighted by Gasteiger charge is 2.33. The van der Waals surface area contributed by atoms with Crippen molar-refractivity contribution in [1.82, 2.24) is 15.1 Å². The normalized spacial score (nSPS) is 19.1. The van der Waals surface area contributed by atoms with Gasteiger partial charge in [-0.1, -0.05) is 13.3 Å². The number of amides is 1. The molecule has 2 N–H and O–H groups in total. The van der Waals surface area contributed by atoms with Crippen LogP contribution in [0.3, 0.4) is 0 Å². The fourth-order valence-corrected chi connectivity index (χ4v) is 2.43. The average molecular weight is 282 g/mol. The third kappa shape index (κ3) is 2.79. The SMILES string of the molecule is CCCc1[nH]nc(C(=O)N2CCCC(O)C2)c1[N+](=O)[O-]. The number of aliphatic hydroxyl groups is 1. The summed E-state index contributed by atoms with van der Waals surface area (Å²) in [5.41, 5.74) is -0.0251. The molecule has 1 aromatic heterocycles. The molecule has 20 heavy (non-hydrogen) atoms. The van der Waals surface area contributed by atoms with Gasteiger partial charge in [-0.05, 0) is 19.3 Å². The second-order valence-corrected chi connectivity index (χ2v) is 4.95. The van der Waals surface area contributed by atoms with Gasteiger partial charge < -0.3 is 10.0 Å². The van der Waals surface area contributed by atoms with E-state index in [1.54, 1.807) is 0 Å². The molecule has 0 saturated carbocycles. The lowest BCUT2D eigenvalue weighted by Crippen LogP contribution is -2.42. The molecule has 1 unspecified atom stereocenters. The number of piperidine rings is 1. The van der Waals surface area contributed by atoms with Crippen LogP contribution in [0.15, 0.2) is 0 Å². The monoisotopic (exact) mass is 282 g/mol. The maximum atomic E-state index is 12.3. The molecule has 0 aliphatic carbocycles. The van der Waals surface area contributed by atoms with Crippen LogP contribution in [0.5, 0.6) is 0 Å². The van der Waals surface area contributed by atoms with Gasteiger partial charge in [0.1, 0.15) is 5.69 Å². The van der Waals surface area contributed by atoms with E-state index in [4.69, 9.17) is 0 Å². The summed E-state index contributed by atoms with van der Waals surface area (Å²) < 4.78 is 0. The molecular formula is C12H18N4O4. The number of aromatic nitrogens is 2. The van der Waals surface area contributed by atoms with E-state index in [9.17, 15) is 20.0 Å². The molecule has 1 aliphatic rings. The highest BCUT2D eigenvalue weighted by Crippen LogP contribution is 2.24. The van der Waals surface area contributed by atoms with Crippen LogP contribution in [0, 0.1) is 10.1 Å². The number of nitrogens with zero attached hydrogens (tertiary/aromatic N) is 3. The molecule has 1 fully saturated rings. The van der Waals surface area contributed by atoms with E-state index in [1.165, 1.54) is 4.90 Å². The number of aryl methyl sites for hydroxylation is 1. The van der Waals surface area contributed by atoms with E-state index in [-0.39, 0.29) is 17.9 Å². The summed E-state index contributed by atoms with van der Waals surface area (Å²) in [6.07, 6.45) is 1.96. The van der Waals surface area contributed by atoms with Crippen LogP contribution in [0.25, 0.3) is 0 Å². The van der Waals surface area contributed by atoms with Crippen molar-refractivity contribution in [3.8, 4) is 0 Å². The molecule has 0 radical (unpaired) electrons. The molecule has 1 atom stereocenters. The first-order valence-corrected chi connectivity index (χ1v) is 6.73. The summed E-state index contributed by atoms with van der Waals surface area (Å²) in [7, 11) is 0. The molecular weight excluding hydrogens is 264 g/mol. The van der Waals surface area contributed by atoms with Gasteiger partial charge in [-0.3, -0.25) is 20.0 Å². The second-order valence-electron chi connectivity index (χ2n) is 4.95. The number of rotatable bonds is 4. The van der Waals surface area contributed by atoms with Crippen molar-refractivity contribution < 1.29 is 14.8 Å². The van der Waals surface area contributed by atoms with Crippen LogP contribution in [0.2, 0.25) is 0 Å². The summed E-state index contributed by atoms with van der Waals surface area (Å²) in [4.78, 5) is 24.3. The van der Waals surface area contributed by atoms with Crippen molar-refractivity contribution in [3.63, 3.8) is 0 Å². The van der Waals surface area contributed by atoms with Gasteiger partial charge in [-0.25, -0.2) is 0 Å².